The molecular weight excluding hydrogens is 313 g/mol. The van der Waals surface area contributed by atoms with E-state index in [0.717, 1.165) is 10.5 Å². The molecule has 0 radical (unpaired) electrons. The van der Waals surface area contributed by atoms with Crippen LogP contribution in [0.3, 0.4) is 0 Å². The van der Waals surface area contributed by atoms with E-state index < -0.39 is 11.8 Å². The van der Waals surface area contributed by atoms with Crippen molar-refractivity contribution in [3.05, 3.63) is 58.4 Å². The van der Waals surface area contributed by atoms with Crippen LogP contribution in [0.4, 0.5) is 10.1 Å². The lowest BCUT2D eigenvalue weighted by Gasteiger charge is -2.07. The van der Waals surface area contributed by atoms with Crippen LogP contribution >= 0.6 is 23.4 Å². The van der Waals surface area contributed by atoms with Crippen LogP contribution in [0.1, 0.15) is 15.9 Å². The van der Waals surface area contributed by atoms with E-state index in [4.69, 9.17) is 17.3 Å². The third-order valence-electron chi connectivity index (χ3n) is 2.81. The van der Waals surface area contributed by atoms with Gasteiger partial charge < -0.3 is 10.5 Å². The van der Waals surface area contributed by atoms with E-state index in [1.807, 2.05) is 0 Å². The third-order valence-corrected chi connectivity index (χ3v) is 4.19. The summed E-state index contributed by atoms with van der Waals surface area (Å²) in [4.78, 5) is 12.1. The third kappa shape index (κ3) is 3.89. The number of halogens is 2. The summed E-state index contributed by atoms with van der Waals surface area (Å²) in [6.07, 6.45) is 0. The van der Waals surface area contributed by atoms with Crippen molar-refractivity contribution in [3.63, 3.8) is 0 Å². The molecule has 2 N–H and O–H groups in total. The van der Waals surface area contributed by atoms with Gasteiger partial charge in [-0.3, -0.25) is 0 Å². The Hall–Kier alpha value is -1.72. The number of nitrogen functional groups attached to an aromatic ring is 1. The topological polar surface area (TPSA) is 52.3 Å². The molecule has 2 rings (SSSR count). The fraction of sp³-hybridized carbons (Fsp3) is 0.133. The zero-order valence-electron chi connectivity index (χ0n) is 11.2. The Morgan fingerprint density at radius 1 is 1.33 bits per heavy atom. The number of carbonyl (C=O) groups is 1. The minimum atomic E-state index is -0.689. The van der Waals surface area contributed by atoms with E-state index in [2.05, 4.69) is 4.74 Å². The molecule has 2 aromatic rings. The van der Waals surface area contributed by atoms with Gasteiger partial charge in [0.2, 0.25) is 0 Å². The van der Waals surface area contributed by atoms with E-state index in [1.54, 1.807) is 24.3 Å². The van der Waals surface area contributed by atoms with Gasteiger partial charge in [-0.2, -0.15) is 0 Å². The molecule has 6 heteroatoms. The molecule has 0 atom stereocenters. The largest absolute Gasteiger partial charge is 0.465 e. The number of nitrogens with two attached hydrogens (primary N) is 1. The molecule has 0 saturated heterocycles. The highest BCUT2D eigenvalue weighted by Gasteiger charge is 2.12. The van der Waals surface area contributed by atoms with Crippen LogP contribution in [0.2, 0.25) is 5.02 Å². The Bertz CT molecular complexity index is 679. The van der Waals surface area contributed by atoms with Gasteiger partial charge in [0.15, 0.2) is 0 Å². The summed E-state index contributed by atoms with van der Waals surface area (Å²) in [5, 5.41) is 0.596. The first kappa shape index (κ1) is 15.7. The maximum atomic E-state index is 13.8. The number of hydrogen-bond acceptors (Lipinski definition) is 4. The number of benzene rings is 2. The second kappa shape index (κ2) is 6.83. The molecule has 0 amide bonds. The number of thioether (sulfide) groups is 1. The lowest BCUT2D eigenvalue weighted by molar-refractivity contribution is 0.0595. The second-order valence-corrected chi connectivity index (χ2v) is 5.73. The van der Waals surface area contributed by atoms with Gasteiger partial charge in [-0.25, -0.2) is 9.18 Å². The minimum absolute atomic E-state index is 0.0754. The van der Waals surface area contributed by atoms with Gasteiger partial charge in [0.25, 0.3) is 0 Å². The molecule has 110 valence electrons. The molecule has 0 bridgehead atoms. The number of esters is 1. The van der Waals surface area contributed by atoms with Gasteiger partial charge in [0.05, 0.1) is 12.7 Å². The monoisotopic (exact) mass is 325 g/mol. The zero-order valence-corrected chi connectivity index (χ0v) is 12.8. The molecule has 0 aromatic heterocycles. The van der Waals surface area contributed by atoms with Crippen LogP contribution < -0.4 is 5.73 Å². The van der Waals surface area contributed by atoms with Gasteiger partial charge in [0.1, 0.15) is 5.82 Å². The molecule has 2 aromatic carbocycles. The van der Waals surface area contributed by atoms with Gasteiger partial charge in [-0.05, 0) is 35.9 Å². The first-order chi connectivity index (χ1) is 10.0. The summed E-state index contributed by atoms with van der Waals surface area (Å²) in [5.41, 5.74) is 7.14. The van der Waals surface area contributed by atoms with E-state index in [0.29, 0.717) is 16.5 Å². The van der Waals surface area contributed by atoms with Crippen LogP contribution in [0.25, 0.3) is 0 Å². The van der Waals surface area contributed by atoms with Crippen molar-refractivity contribution < 1.29 is 13.9 Å². The molecule has 0 saturated carbocycles. The summed E-state index contributed by atoms with van der Waals surface area (Å²) in [7, 11) is 1.22. The SMILES string of the molecule is COC(=O)c1ccc(CSc2cc(Cl)ccc2N)cc1F. The minimum Gasteiger partial charge on any atom is -0.465 e. The smallest absolute Gasteiger partial charge is 0.340 e. The fourth-order valence-electron chi connectivity index (χ4n) is 1.72. The Kier molecular flexibility index (Phi) is 5.09. The average molecular weight is 326 g/mol. The van der Waals surface area contributed by atoms with E-state index in [-0.39, 0.29) is 5.56 Å². The highest BCUT2D eigenvalue weighted by atomic mass is 35.5. The second-order valence-electron chi connectivity index (χ2n) is 4.28. The van der Waals surface area contributed by atoms with Gasteiger partial charge in [0, 0.05) is 21.4 Å². The standard InChI is InChI=1S/C15H13ClFNO2S/c1-20-15(19)11-4-2-9(6-12(11)17)8-21-14-7-10(16)3-5-13(14)18/h2-7H,8,18H2,1H3. The lowest BCUT2D eigenvalue weighted by Crippen LogP contribution is -2.04. The Morgan fingerprint density at radius 3 is 2.76 bits per heavy atom. The molecule has 0 aliphatic heterocycles. The van der Waals surface area contributed by atoms with Crippen molar-refractivity contribution >= 4 is 35.0 Å². The highest BCUT2D eigenvalue weighted by Crippen LogP contribution is 2.30. The van der Waals surface area contributed by atoms with Crippen molar-refractivity contribution in [1.29, 1.82) is 0 Å². The number of ether oxygens (including phenoxy) is 1. The first-order valence-electron chi connectivity index (χ1n) is 6.06. The number of hydrogen-bond donors (Lipinski definition) is 1. The molecule has 0 aliphatic rings. The molecule has 21 heavy (non-hydrogen) atoms. The summed E-state index contributed by atoms with van der Waals surface area (Å²) < 4.78 is 18.3. The average Bonchev–Trinajstić information content (AvgIpc) is 2.47. The summed E-state index contributed by atoms with van der Waals surface area (Å²) in [5.74, 6) is -0.770. The Labute approximate surface area is 131 Å². The van der Waals surface area contributed by atoms with Crippen molar-refractivity contribution in [2.45, 2.75) is 10.6 Å². The maximum Gasteiger partial charge on any atom is 0.340 e. The zero-order chi connectivity index (χ0) is 15.4. The Balaban J connectivity index is 2.12. The molecule has 0 unspecified atom stereocenters. The number of rotatable bonds is 4. The number of anilines is 1. The van der Waals surface area contributed by atoms with Crippen LogP contribution in [0.15, 0.2) is 41.3 Å². The fourth-order valence-corrected chi connectivity index (χ4v) is 2.90. The normalized spacial score (nSPS) is 10.4. The quantitative estimate of drug-likeness (QED) is 0.521. The van der Waals surface area contributed by atoms with Gasteiger partial charge >= 0.3 is 5.97 Å². The molecule has 0 fully saturated rings. The molecule has 3 nitrogen and oxygen atoms in total. The summed E-state index contributed by atoms with van der Waals surface area (Å²) in [6, 6.07) is 9.62. The van der Waals surface area contributed by atoms with E-state index >= 15 is 0 Å². The van der Waals surface area contributed by atoms with Crippen molar-refractivity contribution in [3.8, 4) is 0 Å². The first-order valence-corrected chi connectivity index (χ1v) is 7.42. The van der Waals surface area contributed by atoms with Gasteiger partial charge in [-0.1, -0.05) is 17.7 Å². The van der Waals surface area contributed by atoms with Crippen LogP contribution in [-0.4, -0.2) is 13.1 Å². The lowest BCUT2D eigenvalue weighted by atomic mass is 10.1. The number of carbonyl (C=O) groups excluding carboxylic acids is 1. The van der Waals surface area contributed by atoms with Gasteiger partial charge in [-0.15, -0.1) is 11.8 Å². The van der Waals surface area contributed by atoms with Crippen molar-refractivity contribution in [1.82, 2.24) is 0 Å². The summed E-state index contributed by atoms with van der Waals surface area (Å²) >= 11 is 7.37. The predicted octanol–water partition coefficient (Wildman–Crippen LogP) is 4.14. The molecule has 0 heterocycles. The maximum absolute atomic E-state index is 13.8. The van der Waals surface area contributed by atoms with Crippen LogP contribution in [0, 0.1) is 5.82 Å². The van der Waals surface area contributed by atoms with E-state index in [1.165, 1.54) is 31.0 Å². The van der Waals surface area contributed by atoms with Crippen LogP contribution in [-0.2, 0) is 10.5 Å². The highest BCUT2D eigenvalue weighted by molar-refractivity contribution is 7.98. The van der Waals surface area contributed by atoms with Crippen LogP contribution in [0.5, 0.6) is 0 Å². The summed E-state index contributed by atoms with van der Waals surface area (Å²) in [6.45, 7) is 0. The number of methoxy groups -OCH3 is 1. The molecular formula is C15H13ClFNO2S. The predicted molar refractivity (Wildman–Crippen MR) is 83.2 cm³/mol. The Morgan fingerprint density at radius 2 is 2.10 bits per heavy atom. The molecule has 0 aliphatic carbocycles. The molecule has 0 spiro atoms. The van der Waals surface area contributed by atoms with Crippen molar-refractivity contribution in [2.75, 3.05) is 12.8 Å². The van der Waals surface area contributed by atoms with Crippen molar-refractivity contribution in [2.24, 2.45) is 0 Å². The van der Waals surface area contributed by atoms with E-state index in [9.17, 15) is 9.18 Å².